The molecule has 1 aromatic heterocycles. The largest absolute Gasteiger partial charge is 0.352 e. The van der Waals surface area contributed by atoms with Crippen LogP contribution in [-0.4, -0.2) is 35.6 Å². The first kappa shape index (κ1) is 18.2. The number of nitrogens with two attached hydrogens (primary N) is 1. The Hall–Kier alpha value is -3.15. The highest BCUT2D eigenvalue weighted by Crippen LogP contribution is 2.26. The highest BCUT2D eigenvalue weighted by atomic mass is 16.2. The summed E-state index contributed by atoms with van der Waals surface area (Å²) >= 11 is 0. The maximum Gasteiger partial charge on any atom is 0.312 e. The number of rotatable bonds is 5. The van der Waals surface area contributed by atoms with Gasteiger partial charge in [-0.05, 0) is 48.1 Å². The molecule has 2 amide bonds. The molecule has 0 unspecified atom stereocenters. The van der Waals surface area contributed by atoms with Crippen LogP contribution in [0.3, 0.4) is 0 Å². The fourth-order valence-electron chi connectivity index (χ4n) is 3.83. The fraction of sp³-hybridized carbons (Fsp3) is 0.318. The van der Waals surface area contributed by atoms with Gasteiger partial charge in [-0.1, -0.05) is 36.4 Å². The van der Waals surface area contributed by atoms with Gasteiger partial charge in [0.25, 0.3) is 0 Å². The Labute approximate surface area is 164 Å². The number of hydrogen-bond donors (Lipinski definition) is 2. The average molecular weight is 375 g/mol. The van der Waals surface area contributed by atoms with E-state index in [1.165, 1.54) is 10.8 Å². The minimum absolute atomic E-state index is 0.448. The van der Waals surface area contributed by atoms with E-state index in [1.54, 1.807) is 0 Å². The number of primary amides is 1. The van der Waals surface area contributed by atoms with Gasteiger partial charge in [0, 0.05) is 31.4 Å². The zero-order valence-corrected chi connectivity index (χ0v) is 15.8. The van der Waals surface area contributed by atoms with Gasteiger partial charge in [-0.15, -0.1) is 0 Å². The molecular formula is C22H25N5O. The Bertz CT molecular complexity index is 966. The summed E-state index contributed by atoms with van der Waals surface area (Å²) in [7, 11) is 0. The fourth-order valence-corrected chi connectivity index (χ4v) is 3.83. The summed E-state index contributed by atoms with van der Waals surface area (Å²) in [5, 5.41) is 5.12. The molecule has 0 aliphatic carbocycles. The molecule has 6 heteroatoms. The molecule has 3 N–H and O–H groups in total. The van der Waals surface area contributed by atoms with E-state index in [2.05, 4.69) is 57.7 Å². The standard InChI is InChI=1S/C22H25N5O/c23-21(28)24-11-7-16-9-13-27(14-10-16)22-25-12-8-20(26-22)19-6-5-17-3-1-2-4-18(17)15-19/h1-6,8,12,15-16H,7,9-11,13-14H2,(H3,23,24,28). The number of urea groups is 1. The van der Waals surface area contributed by atoms with Crippen molar-refractivity contribution in [1.82, 2.24) is 15.3 Å². The molecule has 0 bridgehead atoms. The summed E-state index contributed by atoms with van der Waals surface area (Å²) < 4.78 is 0. The number of benzene rings is 2. The average Bonchev–Trinajstić information content (AvgIpc) is 2.74. The number of hydrogen-bond acceptors (Lipinski definition) is 4. The van der Waals surface area contributed by atoms with Crippen LogP contribution in [0.25, 0.3) is 22.0 Å². The van der Waals surface area contributed by atoms with Crippen LogP contribution in [0.2, 0.25) is 0 Å². The van der Waals surface area contributed by atoms with Gasteiger partial charge in [0.1, 0.15) is 0 Å². The molecule has 1 saturated heterocycles. The van der Waals surface area contributed by atoms with Crippen molar-refractivity contribution in [3.05, 3.63) is 54.7 Å². The highest BCUT2D eigenvalue weighted by molar-refractivity contribution is 5.86. The van der Waals surface area contributed by atoms with Gasteiger partial charge in [0.05, 0.1) is 5.69 Å². The van der Waals surface area contributed by atoms with E-state index < -0.39 is 6.03 Å². The minimum Gasteiger partial charge on any atom is -0.352 e. The molecule has 6 nitrogen and oxygen atoms in total. The quantitative estimate of drug-likeness (QED) is 0.714. The number of piperidine rings is 1. The molecule has 0 radical (unpaired) electrons. The first-order valence-corrected chi connectivity index (χ1v) is 9.79. The first-order chi connectivity index (χ1) is 13.7. The van der Waals surface area contributed by atoms with Crippen molar-refractivity contribution < 1.29 is 4.79 Å². The molecule has 2 heterocycles. The van der Waals surface area contributed by atoms with Crippen LogP contribution in [0.4, 0.5) is 10.7 Å². The number of aromatic nitrogens is 2. The summed E-state index contributed by atoms with van der Waals surface area (Å²) in [6.07, 6.45) is 4.96. The van der Waals surface area contributed by atoms with Crippen molar-refractivity contribution in [2.75, 3.05) is 24.5 Å². The van der Waals surface area contributed by atoms with Crippen LogP contribution < -0.4 is 16.0 Å². The Morgan fingerprint density at radius 1 is 1.11 bits per heavy atom. The molecular weight excluding hydrogens is 350 g/mol. The summed E-state index contributed by atoms with van der Waals surface area (Å²) in [4.78, 5) is 22.4. The predicted octanol–water partition coefficient (Wildman–Crippen LogP) is 3.57. The molecule has 3 aromatic rings. The number of anilines is 1. The van der Waals surface area contributed by atoms with E-state index in [9.17, 15) is 4.79 Å². The van der Waals surface area contributed by atoms with E-state index >= 15 is 0 Å². The van der Waals surface area contributed by atoms with Crippen molar-refractivity contribution in [2.24, 2.45) is 11.7 Å². The molecule has 1 aliphatic heterocycles. The van der Waals surface area contributed by atoms with E-state index in [1.807, 2.05) is 12.3 Å². The maximum absolute atomic E-state index is 10.8. The van der Waals surface area contributed by atoms with E-state index in [0.29, 0.717) is 12.5 Å². The Kier molecular flexibility index (Phi) is 5.37. The highest BCUT2D eigenvalue weighted by Gasteiger charge is 2.21. The zero-order valence-electron chi connectivity index (χ0n) is 15.8. The van der Waals surface area contributed by atoms with E-state index in [4.69, 9.17) is 10.7 Å². The molecule has 4 rings (SSSR count). The lowest BCUT2D eigenvalue weighted by molar-refractivity contribution is 0.247. The summed E-state index contributed by atoms with van der Waals surface area (Å²) in [6, 6.07) is 16.3. The van der Waals surface area contributed by atoms with Crippen LogP contribution >= 0.6 is 0 Å². The molecule has 0 saturated carbocycles. The lowest BCUT2D eigenvalue weighted by Crippen LogP contribution is -2.37. The second kappa shape index (κ2) is 8.25. The van der Waals surface area contributed by atoms with E-state index in [0.717, 1.165) is 49.6 Å². The zero-order chi connectivity index (χ0) is 19.3. The first-order valence-electron chi connectivity index (χ1n) is 9.79. The normalized spacial score (nSPS) is 14.9. The van der Waals surface area contributed by atoms with Crippen molar-refractivity contribution in [3.8, 4) is 11.3 Å². The smallest absolute Gasteiger partial charge is 0.312 e. The third-order valence-electron chi connectivity index (χ3n) is 5.44. The van der Waals surface area contributed by atoms with Crippen molar-refractivity contribution in [3.63, 3.8) is 0 Å². The third-order valence-corrected chi connectivity index (χ3v) is 5.44. The number of amides is 2. The third kappa shape index (κ3) is 4.22. The van der Waals surface area contributed by atoms with Crippen molar-refractivity contribution in [2.45, 2.75) is 19.3 Å². The van der Waals surface area contributed by atoms with Crippen molar-refractivity contribution in [1.29, 1.82) is 0 Å². The second-order valence-corrected chi connectivity index (χ2v) is 7.31. The minimum atomic E-state index is -0.448. The van der Waals surface area contributed by atoms with Gasteiger partial charge in [0.15, 0.2) is 0 Å². The van der Waals surface area contributed by atoms with Crippen LogP contribution in [0.15, 0.2) is 54.7 Å². The molecule has 1 aliphatic rings. The van der Waals surface area contributed by atoms with E-state index in [-0.39, 0.29) is 0 Å². The van der Waals surface area contributed by atoms with Crippen molar-refractivity contribution >= 4 is 22.8 Å². The number of carbonyl (C=O) groups is 1. The second-order valence-electron chi connectivity index (χ2n) is 7.31. The van der Waals surface area contributed by atoms with Gasteiger partial charge < -0.3 is 16.0 Å². The molecule has 28 heavy (non-hydrogen) atoms. The van der Waals surface area contributed by atoms with Gasteiger partial charge in [-0.25, -0.2) is 14.8 Å². The van der Waals surface area contributed by atoms with Crippen LogP contribution in [0.1, 0.15) is 19.3 Å². The lowest BCUT2D eigenvalue weighted by atomic mass is 9.94. The molecule has 2 aromatic carbocycles. The summed E-state index contributed by atoms with van der Waals surface area (Å²) in [6.45, 7) is 2.51. The number of nitrogens with one attached hydrogen (secondary N) is 1. The maximum atomic E-state index is 10.8. The van der Waals surface area contributed by atoms with Gasteiger partial charge >= 0.3 is 6.03 Å². The lowest BCUT2D eigenvalue weighted by Gasteiger charge is -2.32. The van der Waals surface area contributed by atoms with Crippen LogP contribution in [0, 0.1) is 5.92 Å². The Morgan fingerprint density at radius 2 is 1.89 bits per heavy atom. The summed E-state index contributed by atoms with van der Waals surface area (Å²) in [5.74, 6) is 1.39. The van der Waals surface area contributed by atoms with Gasteiger partial charge in [-0.2, -0.15) is 0 Å². The Balaban J connectivity index is 1.43. The Morgan fingerprint density at radius 3 is 2.68 bits per heavy atom. The van der Waals surface area contributed by atoms with Gasteiger partial charge in [0.2, 0.25) is 5.95 Å². The van der Waals surface area contributed by atoms with Crippen LogP contribution in [0.5, 0.6) is 0 Å². The SMILES string of the molecule is NC(=O)NCCC1CCN(c2nccc(-c3ccc4ccccc4c3)n2)CC1. The van der Waals surface area contributed by atoms with Crippen LogP contribution in [-0.2, 0) is 0 Å². The molecule has 0 atom stereocenters. The monoisotopic (exact) mass is 375 g/mol. The number of carbonyl (C=O) groups excluding carboxylic acids is 1. The topological polar surface area (TPSA) is 84.1 Å². The summed E-state index contributed by atoms with van der Waals surface area (Å²) in [5.41, 5.74) is 7.18. The molecule has 144 valence electrons. The van der Waals surface area contributed by atoms with Gasteiger partial charge in [-0.3, -0.25) is 0 Å². The predicted molar refractivity (Wildman–Crippen MR) is 112 cm³/mol. The number of nitrogens with zero attached hydrogens (tertiary/aromatic N) is 3. The molecule has 1 fully saturated rings. The number of fused-ring (bicyclic) bond motifs is 1. The molecule has 0 spiro atoms.